The Kier molecular flexibility index (Phi) is 4.69. The number of rotatable bonds is 5. The van der Waals surface area contributed by atoms with Gasteiger partial charge in [-0.1, -0.05) is 30.0 Å². The smallest absolute Gasteiger partial charge is 0.314 e. The number of benzene rings is 1. The lowest BCUT2D eigenvalue weighted by molar-refractivity contribution is -0.125. The van der Waals surface area contributed by atoms with Crippen molar-refractivity contribution in [1.82, 2.24) is 10.2 Å². The van der Waals surface area contributed by atoms with Gasteiger partial charge >= 0.3 is 6.03 Å². The van der Waals surface area contributed by atoms with Crippen LogP contribution in [0, 0.1) is 0 Å². The summed E-state index contributed by atoms with van der Waals surface area (Å²) in [5.74, 6) is 0.431. The molecule has 1 atom stereocenters. The molecule has 0 radical (unpaired) electrons. The Hall–Kier alpha value is -2.22. The quantitative estimate of drug-likeness (QED) is 0.798. The van der Waals surface area contributed by atoms with E-state index < -0.39 is 12.3 Å². The Labute approximate surface area is 125 Å². The van der Waals surface area contributed by atoms with Crippen molar-refractivity contribution >= 4 is 28.9 Å². The molecule has 112 valence electrons. The number of carbonyl (C=O) groups excluding carboxylic acids is 3. The van der Waals surface area contributed by atoms with E-state index in [-0.39, 0.29) is 23.4 Å². The minimum atomic E-state index is -0.693. The molecule has 7 nitrogen and oxygen atoms in total. The molecule has 1 heterocycles. The molecular formula is C13H15N3O4S. The molecule has 0 bridgehead atoms. The van der Waals surface area contributed by atoms with Gasteiger partial charge in [0.05, 0.1) is 12.3 Å². The zero-order valence-corrected chi connectivity index (χ0v) is 12.2. The fraction of sp³-hybridized carbons (Fsp3) is 0.308. The topological polar surface area (TPSA) is 102 Å². The van der Waals surface area contributed by atoms with Crippen LogP contribution >= 0.6 is 11.8 Å². The second-order valence-corrected chi connectivity index (χ2v) is 5.34. The Morgan fingerprint density at radius 2 is 2.19 bits per heavy atom. The number of para-hydroxylation sites is 1. The highest BCUT2D eigenvalue weighted by Crippen LogP contribution is 2.26. The summed E-state index contributed by atoms with van der Waals surface area (Å²) in [5.41, 5.74) is 5.70. The van der Waals surface area contributed by atoms with Gasteiger partial charge in [-0.2, -0.15) is 0 Å². The number of ether oxygens (including phenoxy) is 1. The molecule has 1 aliphatic heterocycles. The van der Waals surface area contributed by atoms with E-state index in [4.69, 9.17) is 10.5 Å². The predicted molar refractivity (Wildman–Crippen MR) is 77.7 cm³/mol. The Morgan fingerprint density at radius 1 is 1.48 bits per heavy atom. The number of amides is 4. The molecule has 0 aliphatic carbocycles. The summed E-state index contributed by atoms with van der Waals surface area (Å²) in [6.07, 6.45) is -0.622. The number of urea groups is 1. The van der Waals surface area contributed by atoms with Crippen LogP contribution in [0.4, 0.5) is 9.59 Å². The maximum atomic E-state index is 11.6. The van der Waals surface area contributed by atoms with Gasteiger partial charge in [-0.15, -0.1) is 0 Å². The molecular weight excluding hydrogens is 294 g/mol. The average molecular weight is 309 g/mol. The van der Waals surface area contributed by atoms with Gasteiger partial charge in [0.2, 0.25) is 5.91 Å². The summed E-state index contributed by atoms with van der Waals surface area (Å²) in [6, 6.07) is 6.31. The predicted octanol–water partition coefficient (Wildman–Crippen LogP) is 1.28. The Morgan fingerprint density at radius 3 is 2.81 bits per heavy atom. The number of nitrogens with two attached hydrogens (primary N) is 1. The van der Waals surface area contributed by atoms with E-state index in [1.165, 1.54) is 4.90 Å². The van der Waals surface area contributed by atoms with Crippen molar-refractivity contribution in [3.05, 3.63) is 29.8 Å². The maximum Gasteiger partial charge on any atom is 0.314 e. The number of thioether (sulfide) groups is 1. The molecule has 1 aromatic carbocycles. The van der Waals surface area contributed by atoms with Gasteiger partial charge in [0, 0.05) is 5.56 Å². The van der Waals surface area contributed by atoms with Crippen molar-refractivity contribution in [2.45, 2.75) is 19.7 Å². The monoisotopic (exact) mass is 309 g/mol. The fourth-order valence-corrected chi connectivity index (χ4v) is 2.60. The summed E-state index contributed by atoms with van der Waals surface area (Å²) in [7, 11) is 0. The van der Waals surface area contributed by atoms with Crippen molar-refractivity contribution in [3.8, 4) is 5.75 Å². The summed E-state index contributed by atoms with van der Waals surface area (Å²) >= 11 is 0.984. The van der Waals surface area contributed by atoms with E-state index in [0.29, 0.717) is 11.3 Å². The molecule has 4 amide bonds. The first-order valence-electron chi connectivity index (χ1n) is 6.25. The average Bonchev–Trinajstić information content (AvgIpc) is 2.71. The normalized spacial score (nSPS) is 16.0. The first kappa shape index (κ1) is 15.2. The molecule has 0 aromatic heterocycles. The van der Waals surface area contributed by atoms with Crippen LogP contribution in [-0.4, -0.2) is 34.1 Å². The summed E-state index contributed by atoms with van der Waals surface area (Å²) in [4.78, 5) is 35.2. The largest absolute Gasteiger partial charge is 0.471 e. The van der Waals surface area contributed by atoms with E-state index in [0.717, 1.165) is 11.8 Å². The molecule has 1 fully saturated rings. The number of hydrogen-bond donors (Lipinski definition) is 2. The number of imide groups is 1. The number of nitrogens with zero attached hydrogens (tertiary/aromatic N) is 1. The van der Waals surface area contributed by atoms with Crippen molar-refractivity contribution in [2.75, 3.05) is 5.75 Å². The number of primary amides is 1. The molecule has 3 N–H and O–H groups in total. The van der Waals surface area contributed by atoms with Crippen molar-refractivity contribution < 1.29 is 19.1 Å². The summed E-state index contributed by atoms with van der Waals surface area (Å²) < 4.78 is 5.57. The van der Waals surface area contributed by atoms with E-state index in [1.54, 1.807) is 31.2 Å². The highest BCUT2D eigenvalue weighted by molar-refractivity contribution is 8.14. The van der Waals surface area contributed by atoms with Gasteiger partial charge in [-0.05, 0) is 13.0 Å². The van der Waals surface area contributed by atoms with Gasteiger partial charge in [0.25, 0.3) is 5.24 Å². The molecule has 1 aromatic rings. The fourth-order valence-electron chi connectivity index (χ4n) is 1.87. The minimum absolute atomic E-state index is 0.143. The highest BCUT2D eigenvalue weighted by atomic mass is 32.2. The van der Waals surface area contributed by atoms with Crippen LogP contribution in [0.5, 0.6) is 5.75 Å². The maximum absolute atomic E-state index is 11.6. The van der Waals surface area contributed by atoms with Gasteiger partial charge in [0.1, 0.15) is 5.75 Å². The first-order valence-corrected chi connectivity index (χ1v) is 7.23. The summed E-state index contributed by atoms with van der Waals surface area (Å²) in [5, 5.41) is 2.13. The highest BCUT2D eigenvalue weighted by Gasteiger charge is 2.30. The van der Waals surface area contributed by atoms with Crippen LogP contribution in [0.3, 0.4) is 0 Å². The van der Waals surface area contributed by atoms with Crippen LogP contribution in [0.25, 0.3) is 0 Å². The lowest BCUT2D eigenvalue weighted by Gasteiger charge is -2.19. The summed E-state index contributed by atoms with van der Waals surface area (Å²) in [6.45, 7) is 1.77. The van der Waals surface area contributed by atoms with Gasteiger partial charge in [-0.3, -0.25) is 14.5 Å². The third-order valence-electron chi connectivity index (χ3n) is 2.79. The van der Waals surface area contributed by atoms with E-state index >= 15 is 0 Å². The third-order valence-corrected chi connectivity index (χ3v) is 3.65. The first-order chi connectivity index (χ1) is 9.97. The Balaban J connectivity index is 2.11. The zero-order valence-electron chi connectivity index (χ0n) is 11.4. The second-order valence-electron chi connectivity index (χ2n) is 4.41. The van der Waals surface area contributed by atoms with Crippen molar-refractivity contribution in [2.24, 2.45) is 5.73 Å². The van der Waals surface area contributed by atoms with Gasteiger partial charge in [-0.25, -0.2) is 4.79 Å². The molecule has 1 saturated heterocycles. The third kappa shape index (κ3) is 3.88. The van der Waals surface area contributed by atoms with Crippen LogP contribution in [-0.2, 0) is 11.3 Å². The Bertz CT molecular complexity index is 562. The molecule has 2 rings (SSSR count). The van der Waals surface area contributed by atoms with Crippen LogP contribution in [0.15, 0.2) is 24.3 Å². The SMILES string of the molecule is CC(NC(N)=O)Oc1ccccc1CN1C(=O)CSC1=O. The second kappa shape index (κ2) is 6.49. The molecule has 1 aliphatic rings. The molecule has 21 heavy (non-hydrogen) atoms. The van der Waals surface area contributed by atoms with Crippen LogP contribution < -0.4 is 15.8 Å². The van der Waals surface area contributed by atoms with E-state index in [9.17, 15) is 14.4 Å². The van der Waals surface area contributed by atoms with Crippen LogP contribution in [0.2, 0.25) is 0 Å². The van der Waals surface area contributed by atoms with E-state index in [2.05, 4.69) is 5.32 Å². The van der Waals surface area contributed by atoms with E-state index in [1.807, 2.05) is 0 Å². The molecule has 1 unspecified atom stereocenters. The van der Waals surface area contributed by atoms with Gasteiger partial charge in [0.15, 0.2) is 6.23 Å². The number of carbonyl (C=O) groups is 3. The standard InChI is InChI=1S/C13H15N3O4S/c1-8(15-12(14)18)20-10-5-3-2-4-9(10)6-16-11(17)7-21-13(16)19/h2-5,8H,6-7H2,1H3,(H3,14,15,18). The molecule has 0 saturated carbocycles. The van der Waals surface area contributed by atoms with Crippen molar-refractivity contribution in [1.29, 1.82) is 0 Å². The van der Waals surface area contributed by atoms with Gasteiger partial charge < -0.3 is 15.8 Å². The lowest BCUT2D eigenvalue weighted by Crippen LogP contribution is -2.40. The van der Waals surface area contributed by atoms with Crippen LogP contribution in [0.1, 0.15) is 12.5 Å². The van der Waals surface area contributed by atoms with Crippen molar-refractivity contribution in [3.63, 3.8) is 0 Å². The molecule has 0 spiro atoms. The number of nitrogens with one attached hydrogen (secondary N) is 1. The zero-order chi connectivity index (χ0) is 15.4. The molecule has 8 heteroatoms. The minimum Gasteiger partial charge on any atom is -0.471 e. The lowest BCUT2D eigenvalue weighted by atomic mass is 10.2. The number of hydrogen-bond acceptors (Lipinski definition) is 5.